The van der Waals surface area contributed by atoms with Gasteiger partial charge in [-0.1, -0.05) is 0 Å². The van der Waals surface area contributed by atoms with Gasteiger partial charge in [0.1, 0.15) is 20.1 Å². The Hall–Kier alpha value is -0.430. The van der Waals surface area contributed by atoms with Gasteiger partial charge in [-0.25, -0.2) is 13.2 Å². The lowest BCUT2D eigenvalue weighted by Crippen LogP contribution is -2.32. The molecule has 0 aromatic heterocycles. The first-order valence-corrected chi connectivity index (χ1v) is 3.38. The van der Waals surface area contributed by atoms with Crippen molar-refractivity contribution in [2.45, 2.75) is 12.3 Å². The first-order valence-electron chi connectivity index (χ1n) is 3.38. The molecule has 0 radical (unpaired) electrons. The number of ether oxygens (including phenoxy) is 2. The Morgan fingerprint density at radius 2 is 1.77 bits per heavy atom. The molecule has 0 amide bonds. The fraction of sp³-hybridized carbons (Fsp3) is 1.00. The van der Waals surface area contributed by atoms with Crippen molar-refractivity contribution < 1.29 is 31.4 Å². The molecule has 0 aliphatic carbocycles. The molecule has 80 valence electrons. The lowest BCUT2D eigenvalue weighted by atomic mass is 10.4. The molecular formula is C6H9F5O2. The van der Waals surface area contributed by atoms with Gasteiger partial charge in [0.15, 0.2) is 0 Å². The largest absolute Gasteiger partial charge is 0.353 e. The van der Waals surface area contributed by atoms with Crippen molar-refractivity contribution in [3.8, 4) is 0 Å². The number of hydrogen-bond donors (Lipinski definition) is 0. The van der Waals surface area contributed by atoms with Gasteiger partial charge in [0.05, 0.1) is 6.61 Å². The molecule has 0 spiro atoms. The van der Waals surface area contributed by atoms with Crippen LogP contribution >= 0.6 is 0 Å². The Bertz CT molecular complexity index is 130. The van der Waals surface area contributed by atoms with E-state index in [1.165, 1.54) is 0 Å². The van der Waals surface area contributed by atoms with E-state index in [4.69, 9.17) is 0 Å². The molecule has 0 aromatic rings. The van der Waals surface area contributed by atoms with Crippen molar-refractivity contribution in [3.63, 3.8) is 0 Å². The van der Waals surface area contributed by atoms with Gasteiger partial charge in [-0.3, -0.25) is 0 Å². The Morgan fingerprint density at radius 1 is 1.15 bits per heavy atom. The summed E-state index contributed by atoms with van der Waals surface area (Å²) in [4.78, 5) is 0. The van der Waals surface area contributed by atoms with Crippen LogP contribution in [-0.4, -0.2) is 39.0 Å². The van der Waals surface area contributed by atoms with E-state index in [-0.39, 0.29) is 6.61 Å². The zero-order valence-corrected chi connectivity index (χ0v) is 6.61. The average molecular weight is 208 g/mol. The molecular weight excluding hydrogens is 199 g/mol. The quantitative estimate of drug-likeness (QED) is 0.361. The zero-order valence-electron chi connectivity index (χ0n) is 6.61. The first-order chi connectivity index (χ1) is 6.00. The monoisotopic (exact) mass is 208 g/mol. The van der Waals surface area contributed by atoms with Crippen molar-refractivity contribution in [3.05, 3.63) is 0 Å². The molecule has 0 aliphatic heterocycles. The van der Waals surface area contributed by atoms with Crippen LogP contribution in [0.2, 0.25) is 0 Å². The second-order valence-electron chi connectivity index (χ2n) is 2.13. The molecule has 0 saturated carbocycles. The number of rotatable bonds is 7. The van der Waals surface area contributed by atoms with E-state index >= 15 is 0 Å². The second kappa shape index (κ2) is 6.09. The maximum Gasteiger partial charge on any atom is 0.330 e. The highest BCUT2D eigenvalue weighted by atomic mass is 19.3. The second-order valence-corrected chi connectivity index (χ2v) is 2.13. The third kappa shape index (κ3) is 5.75. The summed E-state index contributed by atoms with van der Waals surface area (Å²) in [6.45, 7) is -3.14. The normalized spacial score (nSPS) is 12.5. The molecule has 0 aliphatic rings. The molecule has 0 rings (SSSR count). The molecule has 2 nitrogen and oxygen atoms in total. The molecule has 0 bridgehead atoms. The Balaban J connectivity index is 3.41. The summed E-state index contributed by atoms with van der Waals surface area (Å²) in [5.74, 6) is -4.18. The Kier molecular flexibility index (Phi) is 5.89. The van der Waals surface area contributed by atoms with Crippen LogP contribution in [0.25, 0.3) is 0 Å². The summed E-state index contributed by atoms with van der Waals surface area (Å²) in [7, 11) is 0. The number of alkyl halides is 5. The smallest absolute Gasteiger partial charge is 0.330 e. The van der Waals surface area contributed by atoms with Gasteiger partial charge in [0.25, 0.3) is 0 Å². The van der Waals surface area contributed by atoms with Crippen LogP contribution in [-0.2, 0) is 9.47 Å². The van der Waals surface area contributed by atoms with Gasteiger partial charge in [-0.15, -0.1) is 0 Å². The molecule has 13 heavy (non-hydrogen) atoms. The van der Waals surface area contributed by atoms with Crippen molar-refractivity contribution in [2.24, 2.45) is 0 Å². The van der Waals surface area contributed by atoms with E-state index in [9.17, 15) is 22.0 Å². The van der Waals surface area contributed by atoms with Gasteiger partial charge in [0.2, 0.25) is 0 Å². The van der Waals surface area contributed by atoms with Crippen LogP contribution in [0.5, 0.6) is 0 Å². The number of halogens is 5. The summed E-state index contributed by atoms with van der Waals surface area (Å²) >= 11 is 0. The molecule has 0 fully saturated rings. The average Bonchev–Trinajstić information content (AvgIpc) is 2.03. The van der Waals surface area contributed by atoms with Crippen molar-refractivity contribution in [1.82, 2.24) is 0 Å². The van der Waals surface area contributed by atoms with Crippen LogP contribution in [0.15, 0.2) is 0 Å². The highest BCUT2D eigenvalue weighted by Gasteiger charge is 2.40. The first kappa shape index (κ1) is 12.6. The van der Waals surface area contributed by atoms with Crippen LogP contribution < -0.4 is 0 Å². The molecule has 0 unspecified atom stereocenters. The van der Waals surface area contributed by atoms with Crippen molar-refractivity contribution in [2.75, 3.05) is 26.7 Å². The summed E-state index contributed by atoms with van der Waals surface area (Å²) < 4.78 is 66.7. The lowest BCUT2D eigenvalue weighted by molar-refractivity contribution is -0.187. The van der Waals surface area contributed by atoms with Crippen LogP contribution in [0.3, 0.4) is 0 Å². The third-order valence-electron chi connectivity index (χ3n) is 1.00. The predicted molar refractivity (Wildman–Crippen MR) is 33.7 cm³/mol. The number of hydrogen-bond acceptors (Lipinski definition) is 2. The van der Waals surface area contributed by atoms with E-state index < -0.39 is 32.4 Å². The summed E-state index contributed by atoms with van der Waals surface area (Å²) in [6, 6.07) is 0. The minimum absolute atomic E-state index is 0.305. The fourth-order valence-electron chi connectivity index (χ4n) is 0.413. The third-order valence-corrected chi connectivity index (χ3v) is 1.00. The molecule has 0 saturated heterocycles. The predicted octanol–water partition coefficient (Wildman–Crippen LogP) is 1.85. The van der Waals surface area contributed by atoms with E-state index in [0.29, 0.717) is 0 Å². The van der Waals surface area contributed by atoms with Crippen LogP contribution in [0.4, 0.5) is 22.0 Å². The van der Waals surface area contributed by atoms with E-state index in [2.05, 4.69) is 9.47 Å². The maximum atomic E-state index is 12.1. The van der Waals surface area contributed by atoms with E-state index in [1.54, 1.807) is 0 Å². The fourth-order valence-corrected chi connectivity index (χ4v) is 0.413. The van der Waals surface area contributed by atoms with Gasteiger partial charge in [0, 0.05) is 0 Å². The van der Waals surface area contributed by atoms with Crippen molar-refractivity contribution >= 4 is 0 Å². The standard InChI is InChI=1S/C6H9F5O2/c7-1-2-12-4-13-3-6(10,11)5(8)9/h5H,1-4H2. The minimum atomic E-state index is -4.18. The minimum Gasteiger partial charge on any atom is -0.353 e. The SMILES string of the molecule is FCCOCOCC(F)(F)C(F)F. The summed E-state index contributed by atoms with van der Waals surface area (Å²) in [5.41, 5.74) is 0. The summed E-state index contributed by atoms with van der Waals surface area (Å²) in [5, 5.41) is 0. The Labute approximate surface area is 71.6 Å². The molecule has 7 heteroatoms. The highest BCUT2D eigenvalue weighted by molar-refractivity contribution is 4.67. The summed E-state index contributed by atoms with van der Waals surface area (Å²) in [6.07, 6.45) is -3.77. The molecule has 0 atom stereocenters. The molecule has 0 N–H and O–H groups in total. The lowest BCUT2D eigenvalue weighted by Gasteiger charge is -2.14. The van der Waals surface area contributed by atoms with Gasteiger partial charge in [-0.2, -0.15) is 8.78 Å². The van der Waals surface area contributed by atoms with Gasteiger partial charge >= 0.3 is 12.3 Å². The highest BCUT2D eigenvalue weighted by Crippen LogP contribution is 2.22. The Morgan fingerprint density at radius 3 is 2.23 bits per heavy atom. The maximum absolute atomic E-state index is 12.1. The van der Waals surface area contributed by atoms with E-state index in [1.807, 2.05) is 0 Å². The van der Waals surface area contributed by atoms with Crippen LogP contribution in [0, 0.1) is 0 Å². The molecule has 0 heterocycles. The van der Waals surface area contributed by atoms with Gasteiger partial charge < -0.3 is 9.47 Å². The topological polar surface area (TPSA) is 18.5 Å². The zero-order chi connectivity index (χ0) is 10.3. The van der Waals surface area contributed by atoms with Crippen molar-refractivity contribution in [1.29, 1.82) is 0 Å². The van der Waals surface area contributed by atoms with E-state index in [0.717, 1.165) is 0 Å². The molecule has 0 aromatic carbocycles. The van der Waals surface area contributed by atoms with Crippen LogP contribution in [0.1, 0.15) is 0 Å². The van der Waals surface area contributed by atoms with Gasteiger partial charge in [-0.05, 0) is 0 Å².